The molecule has 0 spiro atoms. The van der Waals surface area contributed by atoms with Crippen molar-refractivity contribution in [3.05, 3.63) is 0 Å². The van der Waals surface area contributed by atoms with Gasteiger partial charge >= 0.3 is 18.0 Å². The number of aliphatic carboxylic acids is 2. The normalized spacial score (nSPS) is 11.6. The van der Waals surface area contributed by atoms with Gasteiger partial charge in [0.05, 0.1) is 13.0 Å². The minimum absolute atomic E-state index is 0.264. The van der Waals surface area contributed by atoms with Crippen LogP contribution in [0.25, 0.3) is 0 Å². The maximum absolute atomic E-state index is 11.3. The molecule has 0 heterocycles. The van der Waals surface area contributed by atoms with Crippen LogP contribution in [-0.2, 0) is 14.4 Å². The zero-order chi connectivity index (χ0) is 15.7. The van der Waals surface area contributed by atoms with Crippen molar-refractivity contribution in [2.75, 3.05) is 13.1 Å². The van der Waals surface area contributed by atoms with Crippen LogP contribution in [0.1, 0.15) is 20.3 Å². The van der Waals surface area contributed by atoms with Crippen LogP contribution in [0.15, 0.2) is 0 Å². The number of urea groups is 1. The molecular formula is C11H19N3O6. The standard InChI is InChI=1S/C11H19N3O6/c1-6(2)4-12-8(15)5-13-11(20)14-7(10(18)19)3-9(16)17/h6-7H,3-5H2,1-2H3,(H,12,15)(H,16,17)(H,18,19)(H2,13,14,20)/t7-/m1/s1. The van der Waals surface area contributed by atoms with Gasteiger partial charge in [-0.15, -0.1) is 0 Å². The van der Waals surface area contributed by atoms with Gasteiger partial charge in [0, 0.05) is 6.54 Å². The van der Waals surface area contributed by atoms with Crippen molar-refractivity contribution < 1.29 is 29.4 Å². The van der Waals surface area contributed by atoms with Gasteiger partial charge in [0.2, 0.25) is 5.91 Å². The molecule has 0 aromatic carbocycles. The Morgan fingerprint density at radius 3 is 2.10 bits per heavy atom. The van der Waals surface area contributed by atoms with Gasteiger partial charge in [0.15, 0.2) is 0 Å². The van der Waals surface area contributed by atoms with Gasteiger partial charge in [-0.05, 0) is 5.92 Å². The van der Waals surface area contributed by atoms with Crippen molar-refractivity contribution in [2.45, 2.75) is 26.3 Å². The summed E-state index contributed by atoms with van der Waals surface area (Å²) in [4.78, 5) is 43.7. The second-order valence-corrected chi connectivity index (χ2v) is 4.51. The maximum Gasteiger partial charge on any atom is 0.326 e. The van der Waals surface area contributed by atoms with Crippen LogP contribution in [0.3, 0.4) is 0 Å². The predicted octanol–water partition coefficient (Wildman–Crippen LogP) is -1.01. The van der Waals surface area contributed by atoms with Crippen molar-refractivity contribution in [3.8, 4) is 0 Å². The number of hydrogen-bond donors (Lipinski definition) is 5. The van der Waals surface area contributed by atoms with E-state index in [2.05, 4.69) is 10.6 Å². The monoisotopic (exact) mass is 289 g/mol. The fourth-order valence-electron chi connectivity index (χ4n) is 1.12. The van der Waals surface area contributed by atoms with Crippen LogP contribution < -0.4 is 16.0 Å². The molecule has 0 aliphatic heterocycles. The summed E-state index contributed by atoms with van der Waals surface area (Å²) >= 11 is 0. The zero-order valence-corrected chi connectivity index (χ0v) is 11.3. The molecule has 0 fully saturated rings. The van der Waals surface area contributed by atoms with Crippen molar-refractivity contribution >= 4 is 23.9 Å². The fraction of sp³-hybridized carbons (Fsp3) is 0.636. The van der Waals surface area contributed by atoms with Crippen molar-refractivity contribution in [3.63, 3.8) is 0 Å². The first kappa shape index (κ1) is 17.7. The molecule has 0 aliphatic rings. The molecule has 0 rings (SSSR count). The smallest absolute Gasteiger partial charge is 0.326 e. The van der Waals surface area contributed by atoms with E-state index in [-0.39, 0.29) is 12.5 Å². The van der Waals surface area contributed by atoms with Gasteiger partial charge in [-0.25, -0.2) is 9.59 Å². The summed E-state index contributed by atoms with van der Waals surface area (Å²) in [6.07, 6.45) is -0.748. The Balaban J connectivity index is 4.10. The van der Waals surface area contributed by atoms with E-state index in [0.717, 1.165) is 0 Å². The van der Waals surface area contributed by atoms with Gasteiger partial charge < -0.3 is 26.2 Å². The molecule has 0 aromatic heterocycles. The molecule has 5 N–H and O–H groups in total. The molecule has 9 heteroatoms. The molecule has 9 nitrogen and oxygen atoms in total. The third-order valence-corrected chi connectivity index (χ3v) is 2.10. The predicted molar refractivity (Wildman–Crippen MR) is 68.1 cm³/mol. The molecule has 0 saturated heterocycles. The van der Waals surface area contributed by atoms with E-state index < -0.39 is 36.3 Å². The zero-order valence-electron chi connectivity index (χ0n) is 11.3. The molecule has 0 radical (unpaired) electrons. The Morgan fingerprint density at radius 2 is 1.65 bits per heavy atom. The average molecular weight is 289 g/mol. The lowest BCUT2D eigenvalue weighted by atomic mass is 10.2. The molecule has 0 aromatic rings. The lowest BCUT2D eigenvalue weighted by Gasteiger charge is -2.13. The van der Waals surface area contributed by atoms with E-state index in [1.165, 1.54) is 0 Å². The molecule has 0 unspecified atom stereocenters. The van der Waals surface area contributed by atoms with Gasteiger partial charge in [0.25, 0.3) is 0 Å². The second kappa shape index (κ2) is 8.73. The first-order valence-corrected chi connectivity index (χ1v) is 5.98. The SMILES string of the molecule is CC(C)CNC(=O)CNC(=O)N[C@H](CC(=O)O)C(=O)O. The summed E-state index contributed by atoms with van der Waals surface area (Å²) < 4.78 is 0. The topological polar surface area (TPSA) is 145 Å². The van der Waals surface area contributed by atoms with Crippen LogP contribution in [0.2, 0.25) is 0 Å². The lowest BCUT2D eigenvalue weighted by Crippen LogP contribution is -2.49. The van der Waals surface area contributed by atoms with Gasteiger partial charge in [-0.1, -0.05) is 13.8 Å². The number of carbonyl (C=O) groups is 4. The Kier molecular flexibility index (Phi) is 7.71. The van der Waals surface area contributed by atoms with Crippen LogP contribution in [0, 0.1) is 5.92 Å². The highest BCUT2D eigenvalue weighted by Crippen LogP contribution is 1.92. The lowest BCUT2D eigenvalue weighted by molar-refractivity contribution is -0.145. The molecule has 3 amide bonds. The molecule has 20 heavy (non-hydrogen) atoms. The van der Waals surface area contributed by atoms with Crippen LogP contribution in [-0.4, -0.2) is 53.2 Å². The minimum Gasteiger partial charge on any atom is -0.481 e. The molecule has 0 bridgehead atoms. The van der Waals surface area contributed by atoms with Crippen molar-refractivity contribution in [1.82, 2.24) is 16.0 Å². The second-order valence-electron chi connectivity index (χ2n) is 4.51. The molecule has 0 saturated carbocycles. The Labute approximate surface area is 115 Å². The Bertz CT molecular complexity index is 382. The number of amides is 3. The van der Waals surface area contributed by atoms with Crippen LogP contribution >= 0.6 is 0 Å². The molecule has 1 atom stereocenters. The molecule has 0 aliphatic carbocycles. The van der Waals surface area contributed by atoms with Crippen molar-refractivity contribution in [2.24, 2.45) is 5.92 Å². The highest BCUT2D eigenvalue weighted by Gasteiger charge is 2.23. The number of rotatable bonds is 8. The van der Waals surface area contributed by atoms with Crippen LogP contribution in [0.5, 0.6) is 0 Å². The van der Waals surface area contributed by atoms with Gasteiger partial charge in [-0.2, -0.15) is 0 Å². The summed E-state index contributed by atoms with van der Waals surface area (Å²) in [5.74, 6) is -2.97. The number of nitrogens with one attached hydrogen (secondary N) is 3. The fourth-order valence-corrected chi connectivity index (χ4v) is 1.12. The largest absolute Gasteiger partial charge is 0.481 e. The quantitative estimate of drug-likeness (QED) is 0.387. The third kappa shape index (κ3) is 8.72. The molecular weight excluding hydrogens is 270 g/mol. The first-order chi connectivity index (χ1) is 9.22. The number of hydrogen-bond acceptors (Lipinski definition) is 4. The summed E-state index contributed by atoms with van der Waals surface area (Å²) in [5, 5.41) is 23.9. The van der Waals surface area contributed by atoms with Gasteiger partial charge in [0.1, 0.15) is 6.04 Å². The summed E-state index contributed by atoms with van der Waals surface area (Å²) in [6.45, 7) is 3.95. The molecule has 114 valence electrons. The van der Waals surface area contributed by atoms with Crippen molar-refractivity contribution in [1.29, 1.82) is 0 Å². The van der Waals surface area contributed by atoms with Gasteiger partial charge in [-0.3, -0.25) is 9.59 Å². The van der Waals surface area contributed by atoms with E-state index in [0.29, 0.717) is 6.54 Å². The Hall–Kier alpha value is -2.32. The maximum atomic E-state index is 11.3. The van der Waals surface area contributed by atoms with E-state index >= 15 is 0 Å². The summed E-state index contributed by atoms with van der Waals surface area (Å²) in [6, 6.07) is -2.47. The van der Waals surface area contributed by atoms with E-state index in [1.54, 1.807) is 0 Å². The number of carboxylic acid groups (broad SMARTS) is 2. The highest BCUT2D eigenvalue weighted by molar-refractivity contribution is 5.88. The van der Waals surface area contributed by atoms with E-state index in [9.17, 15) is 19.2 Å². The summed E-state index contributed by atoms with van der Waals surface area (Å²) in [7, 11) is 0. The first-order valence-electron chi connectivity index (χ1n) is 5.98. The Morgan fingerprint density at radius 1 is 1.05 bits per heavy atom. The number of carbonyl (C=O) groups excluding carboxylic acids is 2. The minimum atomic E-state index is -1.55. The van der Waals surface area contributed by atoms with Crippen LogP contribution in [0.4, 0.5) is 4.79 Å². The number of carboxylic acids is 2. The summed E-state index contributed by atoms with van der Waals surface area (Å²) in [5.41, 5.74) is 0. The average Bonchev–Trinajstić information content (AvgIpc) is 2.32. The third-order valence-electron chi connectivity index (χ3n) is 2.10. The highest BCUT2D eigenvalue weighted by atomic mass is 16.4. The van der Waals surface area contributed by atoms with E-state index in [1.807, 2.05) is 19.2 Å². The van der Waals surface area contributed by atoms with E-state index in [4.69, 9.17) is 10.2 Å².